The van der Waals surface area contributed by atoms with E-state index in [2.05, 4.69) is 51.9 Å². The molecule has 0 amide bonds. The monoisotopic (exact) mass is 395 g/mol. The largest absolute Gasteiger partial charge is 0.491 e. The smallest absolute Gasteiger partial charge is 0.119 e. The van der Waals surface area contributed by atoms with Crippen LogP contribution in [0.5, 0.6) is 5.75 Å². The van der Waals surface area contributed by atoms with Gasteiger partial charge in [-0.2, -0.15) is 0 Å². The van der Waals surface area contributed by atoms with Crippen LogP contribution in [-0.2, 0) is 19.5 Å². The van der Waals surface area contributed by atoms with Crippen molar-refractivity contribution in [3.8, 4) is 5.75 Å². The van der Waals surface area contributed by atoms with E-state index < -0.39 is 6.10 Å². The van der Waals surface area contributed by atoms with Gasteiger partial charge in [0.25, 0.3) is 0 Å². The van der Waals surface area contributed by atoms with Gasteiger partial charge in [0.15, 0.2) is 0 Å². The molecule has 2 heterocycles. The third-order valence-corrected chi connectivity index (χ3v) is 5.95. The van der Waals surface area contributed by atoms with E-state index in [1.54, 1.807) is 0 Å². The lowest BCUT2D eigenvalue weighted by atomic mass is 10.00. The number of nitrogens with one attached hydrogen (secondary N) is 2. The fourth-order valence-corrected chi connectivity index (χ4v) is 4.29. The minimum absolute atomic E-state index is 0.323. The van der Waals surface area contributed by atoms with E-state index in [0.717, 1.165) is 44.9 Å². The van der Waals surface area contributed by atoms with E-state index in [0.29, 0.717) is 19.2 Å². The lowest BCUT2D eigenvalue weighted by molar-refractivity contribution is 0.0637. The number of ether oxygens (including phenoxy) is 1. The van der Waals surface area contributed by atoms with E-state index in [-0.39, 0.29) is 0 Å². The van der Waals surface area contributed by atoms with Crippen molar-refractivity contribution in [2.24, 2.45) is 0 Å². The highest BCUT2D eigenvalue weighted by atomic mass is 16.5. The Kier molecular flexibility index (Phi) is 7.17. The second kappa shape index (κ2) is 10.2. The quantitative estimate of drug-likeness (QED) is 0.641. The van der Waals surface area contributed by atoms with E-state index >= 15 is 0 Å². The minimum Gasteiger partial charge on any atom is -0.491 e. The molecule has 5 heteroatoms. The Bertz CT molecular complexity index is 776. The Morgan fingerprint density at radius 2 is 1.93 bits per heavy atom. The number of piperidine rings is 1. The Morgan fingerprint density at radius 3 is 2.79 bits per heavy atom. The average Bonchev–Trinajstić information content (AvgIpc) is 2.77. The van der Waals surface area contributed by atoms with Crippen LogP contribution in [0.3, 0.4) is 0 Å². The van der Waals surface area contributed by atoms with Crippen molar-refractivity contribution in [1.29, 1.82) is 0 Å². The van der Waals surface area contributed by atoms with Gasteiger partial charge in [-0.3, -0.25) is 4.90 Å². The normalized spacial score (nSPS) is 18.9. The number of β-amino-alcohol motifs (C(OH)–C–C–N with tert-alkyl or cyclic N) is 1. The van der Waals surface area contributed by atoms with Gasteiger partial charge in [0.1, 0.15) is 18.5 Å². The molecule has 2 aliphatic heterocycles. The van der Waals surface area contributed by atoms with Crippen molar-refractivity contribution in [3.05, 3.63) is 65.2 Å². The van der Waals surface area contributed by atoms with Gasteiger partial charge < -0.3 is 20.5 Å². The van der Waals surface area contributed by atoms with E-state index in [1.165, 1.54) is 29.5 Å². The van der Waals surface area contributed by atoms with Gasteiger partial charge in [-0.25, -0.2) is 0 Å². The second-order valence-electron chi connectivity index (χ2n) is 8.27. The number of fused-ring (bicyclic) bond motifs is 1. The number of rotatable bonds is 8. The SMILES string of the molecule is OC(COc1cccc(CNC2CCNCC2)c1)CN1CCc2ccccc2C1. The van der Waals surface area contributed by atoms with Crippen molar-refractivity contribution < 1.29 is 9.84 Å². The molecule has 0 saturated carbocycles. The zero-order chi connectivity index (χ0) is 19.9. The van der Waals surface area contributed by atoms with Gasteiger partial charge in [-0.1, -0.05) is 36.4 Å². The Labute approximate surface area is 174 Å². The molecule has 2 aromatic carbocycles. The van der Waals surface area contributed by atoms with Gasteiger partial charge in [0.2, 0.25) is 0 Å². The highest BCUT2D eigenvalue weighted by Crippen LogP contribution is 2.19. The molecule has 1 atom stereocenters. The van der Waals surface area contributed by atoms with Crippen LogP contribution in [0.15, 0.2) is 48.5 Å². The molecule has 0 bridgehead atoms. The first-order valence-electron chi connectivity index (χ1n) is 10.9. The summed E-state index contributed by atoms with van der Waals surface area (Å²) < 4.78 is 5.90. The minimum atomic E-state index is -0.489. The van der Waals surface area contributed by atoms with Crippen molar-refractivity contribution in [2.75, 3.05) is 32.8 Å². The van der Waals surface area contributed by atoms with Crippen LogP contribution in [0, 0.1) is 0 Å². The molecule has 1 unspecified atom stereocenters. The maximum atomic E-state index is 10.5. The molecule has 156 valence electrons. The fourth-order valence-electron chi connectivity index (χ4n) is 4.29. The molecule has 0 spiro atoms. The first-order chi connectivity index (χ1) is 14.3. The van der Waals surface area contributed by atoms with Gasteiger partial charge in [-0.15, -0.1) is 0 Å². The number of hydrogen-bond acceptors (Lipinski definition) is 5. The van der Waals surface area contributed by atoms with Gasteiger partial charge in [-0.05, 0) is 61.2 Å². The number of aliphatic hydroxyl groups excluding tert-OH is 1. The van der Waals surface area contributed by atoms with Crippen LogP contribution in [-0.4, -0.2) is 54.9 Å². The van der Waals surface area contributed by atoms with E-state index in [9.17, 15) is 5.11 Å². The summed E-state index contributed by atoms with van der Waals surface area (Å²) in [7, 11) is 0. The summed E-state index contributed by atoms with van der Waals surface area (Å²) in [6, 6.07) is 17.4. The second-order valence-corrected chi connectivity index (χ2v) is 8.27. The highest BCUT2D eigenvalue weighted by Gasteiger charge is 2.19. The van der Waals surface area contributed by atoms with Crippen LogP contribution in [0.2, 0.25) is 0 Å². The average molecular weight is 396 g/mol. The number of nitrogens with zero attached hydrogens (tertiary/aromatic N) is 1. The highest BCUT2D eigenvalue weighted by molar-refractivity contribution is 5.29. The van der Waals surface area contributed by atoms with Crippen molar-refractivity contribution in [3.63, 3.8) is 0 Å². The Balaban J connectivity index is 1.21. The molecule has 1 fully saturated rings. The standard InChI is InChI=1S/C24H33N3O2/c28-23(17-27-13-10-20-5-1-2-6-21(20)16-27)18-29-24-7-3-4-19(14-24)15-26-22-8-11-25-12-9-22/h1-7,14,22-23,25-26,28H,8-13,15-18H2. The Hall–Kier alpha value is -1.92. The molecule has 3 N–H and O–H groups in total. The van der Waals surface area contributed by atoms with Gasteiger partial charge in [0, 0.05) is 32.2 Å². The van der Waals surface area contributed by atoms with Crippen LogP contribution < -0.4 is 15.4 Å². The summed E-state index contributed by atoms with van der Waals surface area (Å²) >= 11 is 0. The van der Waals surface area contributed by atoms with Crippen molar-refractivity contribution >= 4 is 0 Å². The lowest BCUT2D eigenvalue weighted by Crippen LogP contribution is -2.39. The first-order valence-corrected chi connectivity index (χ1v) is 10.9. The lowest BCUT2D eigenvalue weighted by Gasteiger charge is -2.30. The number of aliphatic hydroxyl groups is 1. The maximum Gasteiger partial charge on any atom is 0.119 e. The van der Waals surface area contributed by atoms with E-state index in [4.69, 9.17) is 4.74 Å². The summed E-state index contributed by atoms with van der Waals surface area (Å²) in [6.45, 7) is 5.92. The third-order valence-electron chi connectivity index (χ3n) is 5.95. The summed E-state index contributed by atoms with van der Waals surface area (Å²) in [5, 5.41) is 17.5. The number of hydrogen-bond donors (Lipinski definition) is 3. The predicted octanol–water partition coefficient (Wildman–Crippen LogP) is 2.33. The molecule has 4 rings (SSSR count). The van der Waals surface area contributed by atoms with Crippen molar-refractivity contribution in [1.82, 2.24) is 15.5 Å². The summed E-state index contributed by atoms with van der Waals surface area (Å²) in [5.41, 5.74) is 4.04. The molecule has 0 aromatic heterocycles. The van der Waals surface area contributed by atoms with Gasteiger partial charge in [0.05, 0.1) is 0 Å². The third kappa shape index (κ3) is 6.03. The molecule has 2 aromatic rings. The molecular formula is C24H33N3O2. The van der Waals surface area contributed by atoms with Crippen LogP contribution in [0.1, 0.15) is 29.5 Å². The fraction of sp³-hybridized carbons (Fsp3) is 0.500. The van der Waals surface area contributed by atoms with E-state index in [1.807, 2.05) is 12.1 Å². The summed E-state index contributed by atoms with van der Waals surface area (Å²) in [6.07, 6.45) is 2.93. The number of benzene rings is 2. The predicted molar refractivity (Wildman–Crippen MR) is 116 cm³/mol. The molecule has 2 aliphatic rings. The van der Waals surface area contributed by atoms with Crippen LogP contribution in [0.4, 0.5) is 0 Å². The maximum absolute atomic E-state index is 10.5. The van der Waals surface area contributed by atoms with Crippen molar-refractivity contribution in [2.45, 2.75) is 44.5 Å². The molecule has 0 aliphatic carbocycles. The van der Waals surface area contributed by atoms with Crippen LogP contribution >= 0.6 is 0 Å². The summed E-state index contributed by atoms with van der Waals surface area (Å²) in [5.74, 6) is 0.831. The molecular weight excluding hydrogens is 362 g/mol. The van der Waals surface area contributed by atoms with Gasteiger partial charge >= 0.3 is 0 Å². The molecule has 29 heavy (non-hydrogen) atoms. The van der Waals surface area contributed by atoms with Crippen LogP contribution in [0.25, 0.3) is 0 Å². The molecule has 1 saturated heterocycles. The zero-order valence-corrected chi connectivity index (χ0v) is 17.1. The molecule has 0 radical (unpaired) electrons. The first kappa shape index (κ1) is 20.4. The summed E-state index contributed by atoms with van der Waals surface area (Å²) in [4.78, 5) is 2.32. The topological polar surface area (TPSA) is 56.8 Å². The Morgan fingerprint density at radius 1 is 1.10 bits per heavy atom. The zero-order valence-electron chi connectivity index (χ0n) is 17.1. The molecule has 5 nitrogen and oxygen atoms in total.